The van der Waals surface area contributed by atoms with Crippen LogP contribution in [0.15, 0.2) is 48.5 Å². The molecule has 5 nitrogen and oxygen atoms in total. The minimum Gasteiger partial charge on any atom is -0.480 e. The smallest absolute Gasteiger partial charge is 0.410 e. The van der Waals surface area contributed by atoms with Crippen molar-refractivity contribution in [1.82, 2.24) is 4.90 Å². The van der Waals surface area contributed by atoms with Gasteiger partial charge in [0.25, 0.3) is 0 Å². The van der Waals surface area contributed by atoms with Crippen LogP contribution in [0.1, 0.15) is 43.2 Å². The van der Waals surface area contributed by atoms with E-state index >= 15 is 0 Å². The Morgan fingerprint density at radius 1 is 1.07 bits per heavy atom. The fourth-order valence-corrected chi connectivity index (χ4v) is 4.46. The molecule has 2 aliphatic carbocycles. The summed E-state index contributed by atoms with van der Waals surface area (Å²) in [5.41, 5.74) is 4.63. The van der Waals surface area contributed by atoms with Crippen LogP contribution in [0.25, 0.3) is 11.1 Å². The Labute approximate surface area is 164 Å². The Hall–Kier alpha value is -2.82. The lowest BCUT2D eigenvalue weighted by molar-refractivity contribution is -0.146. The van der Waals surface area contributed by atoms with E-state index in [2.05, 4.69) is 24.3 Å². The molecular weight excluding hydrogens is 354 g/mol. The molecule has 2 aromatic carbocycles. The Kier molecular flexibility index (Phi) is 5.07. The van der Waals surface area contributed by atoms with Gasteiger partial charge in [-0.3, -0.25) is 4.90 Å². The summed E-state index contributed by atoms with van der Waals surface area (Å²) in [6.07, 6.45) is 2.19. The Morgan fingerprint density at radius 2 is 1.64 bits per heavy atom. The number of aliphatic carboxylic acids is 1. The van der Waals surface area contributed by atoms with Crippen LogP contribution in [0.4, 0.5) is 4.79 Å². The first-order chi connectivity index (χ1) is 13.6. The Balaban J connectivity index is 1.52. The molecule has 146 valence electrons. The zero-order chi connectivity index (χ0) is 19.7. The molecule has 0 aromatic heterocycles. The van der Waals surface area contributed by atoms with Crippen LogP contribution in [0.2, 0.25) is 0 Å². The van der Waals surface area contributed by atoms with E-state index in [9.17, 15) is 14.7 Å². The van der Waals surface area contributed by atoms with Gasteiger partial charge in [-0.15, -0.1) is 0 Å². The molecule has 1 N–H and O–H groups in total. The minimum absolute atomic E-state index is 0.0259. The minimum atomic E-state index is -0.944. The number of benzene rings is 2. The average molecular weight is 379 g/mol. The van der Waals surface area contributed by atoms with Gasteiger partial charge < -0.3 is 9.84 Å². The summed E-state index contributed by atoms with van der Waals surface area (Å²) in [6, 6.07) is 15.5. The van der Waals surface area contributed by atoms with Crippen molar-refractivity contribution in [2.24, 2.45) is 5.92 Å². The molecule has 2 aliphatic rings. The Bertz CT molecular complexity index is 844. The van der Waals surface area contributed by atoms with Gasteiger partial charge in [0.15, 0.2) is 0 Å². The predicted molar refractivity (Wildman–Crippen MR) is 106 cm³/mol. The van der Waals surface area contributed by atoms with Gasteiger partial charge in [0, 0.05) is 12.5 Å². The number of hydrogen-bond acceptors (Lipinski definition) is 3. The van der Waals surface area contributed by atoms with Crippen LogP contribution in [-0.2, 0) is 9.53 Å². The molecule has 2 aromatic rings. The first kappa shape index (κ1) is 18.5. The number of carboxylic acids is 1. The normalized spacial score (nSPS) is 16.6. The van der Waals surface area contributed by atoms with Crippen LogP contribution >= 0.6 is 0 Å². The van der Waals surface area contributed by atoms with Crippen molar-refractivity contribution in [2.75, 3.05) is 13.2 Å². The highest BCUT2D eigenvalue weighted by molar-refractivity contribution is 5.81. The van der Waals surface area contributed by atoms with Crippen LogP contribution in [0, 0.1) is 5.92 Å². The molecule has 4 rings (SSSR count). The van der Waals surface area contributed by atoms with E-state index in [4.69, 9.17) is 4.74 Å². The molecule has 0 spiro atoms. The lowest BCUT2D eigenvalue weighted by atomic mass is 9.79. The molecular formula is C23H25NO4. The van der Waals surface area contributed by atoms with Crippen molar-refractivity contribution < 1.29 is 19.4 Å². The van der Waals surface area contributed by atoms with E-state index in [0.29, 0.717) is 6.54 Å². The number of carboxylic acid groups (broad SMARTS) is 1. The average Bonchev–Trinajstić information content (AvgIpc) is 2.98. The second-order valence-corrected chi connectivity index (χ2v) is 7.56. The monoisotopic (exact) mass is 379 g/mol. The molecule has 0 aliphatic heterocycles. The molecule has 1 amide bonds. The van der Waals surface area contributed by atoms with Crippen LogP contribution < -0.4 is 0 Å². The van der Waals surface area contributed by atoms with Gasteiger partial charge in [-0.2, -0.15) is 0 Å². The number of carbonyl (C=O) groups is 2. The van der Waals surface area contributed by atoms with Gasteiger partial charge in [-0.1, -0.05) is 55.0 Å². The SMILES string of the molecule is CCN(C(=O)OCC1c2ccccc2-c2ccccc21)C(C(=O)O)C1CCC1. The van der Waals surface area contributed by atoms with E-state index < -0.39 is 18.1 Å². The van der Waals surface area contributed by atoms with Crippen molar-refractivity contribution in [3.8, 4) is 11.1 Å². The third-order valence-electron chi connectivity index (χ3n) is 6.10. The summed E-state index contributed by atoms with van der Waals surface area (Å²) >= 11 is 0. The molecule has 1 saturated carbocycles. The molecule has 0 saturated heterocycles. The van der Waals surface area contributed by atoms with Gasteiger partial charge in [0.2, 0.25) is 0 Å². The van der Waals surface area contributed by atoms with Gasteiger partial charge >= 0.3 is 12.1 Å². The van der Waals surface area contributed by atoms with Crippen molar-refractivity contribution >= 4 is 12.1 Å². The number of likely N-dealkylation sites (N-methyl/N-ethyl adjacent to an activating group) is 1. The highest BCUT2D eigenvalue weighted by Crippen LogP contribution is 2.44. The fourth-order valence-electron chi connectivity index (χ4n) is 4.46. The van der Waals surface area contributed by atoms with Gasteiger partial charge in [0.05, 0.1) is 0 Å². The van der Waals surface area contributed by atoms with E-state index in [-0.39, 0.29) is 18.4 Å². The maximum Gasteiger partial charge on any atom is 0.410 e. The second-order valence-electron chi connectivity index (χ2n) is 7.56. The molecule has 5 heteroatoms. The zero-order valence-electron chi connectivity index (χ0n) is 16.0. The summed E-state index contributed by atoms with van der Waals surface area (Å²) in [5.74, 6) is -0.944. The number of fused-ring (bicyclic) bond motifs is 3. The number of carbonyl (C=O) groups excluding carboxylic acids is 1. The number of ether oxygens (including phenoxy) is 1. The summed E-state index contributed by atoms with van der Waals surface area (Å²) < 4.78 is 5.67. The highest BCUT2D eigenvalue weighted by Gasteiger charge is 2.40. The lowest BCUT2D eigenvalue weighted by Crippen LogP contribution is -2.51. The van der Waals surface area contributed by atoms with Crippen molar-refractivity contribution in [3.05, 3.63) is 59.7 Å². The molecule has 1 atom stereocenters. The van der Waals surface area contributed by atoms with E-state index in [1.807, 2.05) is 24.3 Å². The predicted octanol–water partition coefficient (Wildman–Crippen LogP) is 4.51. The maximum atomic E-state index is 12.8. The van der Waals surface area contributed by atoms with E-state index in [0.717, 1.165) is 30.4 Å². The maximum absolute atomic E-state index is 12.8. The summed E-state index contributed by atoms with van der Waals surface area (Å²) in [6.45, 7) is 2.33. The molecule has 0 bridgehead atoms. The highest BCUT2D eigenvalue weighted by atomic mass is 16.6. The molecule has 1 fully saturated rings. The van der Waals surface area contributed by atoms with Gasteiger partial charge in [-0.25, -0.2) is 9.59 Å². The van der Waals surface area contributed by atoms with Gasteiger partial charge in [-0.05, 0) is 47.9 Å². The van der Waals surface area contributed by atoms with Crippen molar-refractivity contribution in [1.29, 1.82) is 0 Å². The number of amides is 1. The molecule has 0 heterocycles. The molecule has 0 radical (unpaired) electrons. The summed E-state index contributed by atoms with van der Waals surface area (Å²) in [5, 5.41) is 9.65. The number of rotatable bonds is 6. The second kappa shape index (κ2) is 7.66. The molecule has 1 unspecified atom stereocenters. The number of hydrogen-bond donors (Lipinski definition) is 1. The topological polar surface area (TPSA) is 66.8 Å². The van der Waals surface area contributed by atoms with Crippen LogP contribution in [0.3, 0.4) is 0 Å². The molecule has 28 heavy (non-hydrogen) atoms. The standard InChI is InChI=1S/C23H25NO4/c1-2-24(21(22(25)26)15-8-7-9-15)23(27)28-14-20-18-12-5-3-10-16(18)17-11-4-6-13-19(17)20/h3-6,10-13,15,20-21H,2,7-9,14H2,1H3,(H,25,26). The van der Waals surface area contributed by atoms with Crippen molar-refractivity contribution in [2.45, 2.75) is 38.1 Å². The largest absolute Gasteiger partial charge is 0.480 e. The summed E-state index contributed by atoms with van der Waals surface area (Å²) in [4.78, 5) is 25.9. The van der Waals surface area contributed by atoms with Crippen molar-refractivity contribution in [3.63, 3.8) is 0 Å². The lowest BCUT2D eigenvalue weighted by Gasteiger charge is -2.37. The fraction of sp³-hybridized carbons (Fsp3) is 0.391. The summed E-state index contributed by atoms with van der Waals surface area (Å²) in [7, 11) is 0. The third-order valence-corrected chi connectivity index (χ3v) is 6.10. The van der Waals surface area contributed by atoms with E-state index in [1.54, 1.807) is 6.92 Å². The third kappa shape index (κ3) is 3.15. The van der Waals surface area contributed by atoms with E-state index in [1.165, 1.54) is 16.0 Å². The van der Waals surface area contributed by atoms with Crippen LogP contribution in [0.5, 0.6) is 0 Å². The quantitative estimate of drug-likeness (QED) is 0.802. The first-order valence-corrected chi connectivity index (χ1v) is 9.96. The number of nitrogens with zero attached hydrogens (tertiary/aromatic N) is 1. The Morgan fingerprint density at radius 3 is 2.11 bits per heavy atom. The first-order valence-electron chi connectivity index (χ1n) is 9.96. The zero-order valence-corrected chi connectivity index (χ0v) is 16.0. The van der Waals surface area contributed by atoms with Gasteiger partial charge in [0.1, 0.15) is 12.6 Å². The van der Waals surface area contributed by atoms with Crippen LogP contribution in [-0.4, -0.2) is 41.3 Å².